The smallest absolute Gasteiger partial charge is 0.326 e. The third-order valence-electron chi connectivity index (χ3n) is 2.56. The number of carboxylic acid groups (broad SMARTS) is 1. The molecule has 0 unspecified atom stereocenters. The van der Waals surface area contributed by atoms with Crippen LogP contribution in [0.1, 0.15) is 26.3 Å². The first-order chi connectivity index (χ1) is 8.80. The van der Waals surface area contributed by atoms with E-state index in [1.807, 2.05) is 6.07 Å². The van der Waals surface area contributed by atoms with Gasteiger partial charge in [-0.1, -0.05) is 26.8 Å². The summed E-state index contributed by atoms with van der Waals surface area (Å²) in [5.41, 5.74) is 0.289. The van der Waals surface area contributed by atoms with Gasteiger partial charge in [0.25, 0.3) is 0 Å². The molecular formula is C13H19N3O3. The Kier molecular flexibility index (Phi) is 4.86. The van der Waals surface area contributed by atoms with Crippen molar-refractivity contribution in [3.63, 3.8) is 0 Å². The normalized spacial score (nSPS) is 12.6. The number of rotatable bonds is 4. The zero-order chi connectivity index (χ0) is 14.5. The molecular weight excluding hydrogens is 246 g/mol. The van der Waals surface area contributed by atoms with Crippen molar-refractivity contribution >= 4 is 12.0 Å². The lowest BCUT2D eigenvalue weighted by Crippen LogP contribution is -2.52. The maximum atomic E-state index is 11.7. The van der Waals surface area contributed by atoms with Crippen molar-refractivity contribution in [2.24, 2.45) is 5.41 Å². The lowest BCUT2D eigenvalue weighted by atomic mass is 9.87. The molecule has 0 aliphatic carbocycles. The molecule has 6 heteroatoms. The molecule has 1 heterocycles. The number of nitrogens with zero attached hydrogens (tertiary/aromatic N) is 1. The predicted octanol–water partition coefficient (Wildman–Crippen LogP) is 1.38. The van der Waals surface area contributed by atoms with Crippen LogP contribution in [0.3, 0.4) is 0 Å². The van der Waals surface area contributed by atoms with Gasteiger partial charge in [0.1, 0.15) is 6.04 Å². The van der Waals surface area contributed by atoms with Crippen LogP contribution in [0.15, 0.2) is 24.5 Å². The van der Waals surface area contributed by atoms with Crippen LogP contribution in [0.5, 0.6) is 0 Å². The Morgan fingerprint density at radius 2 is 2.11 bits per heavy atom. The van der Waals surface area contributed by atoms with Gasteiger partial charge < -0.3 is 15.7 Å². The second kappa shape index (κ2) is 6.17. The molecule has 0 fully saturated rings. The quantitative estimate of drug-likeness (QED) is 0.767. The largest absolute Gasteiger partial charge is 0.480 e. The highest BCUT2D eigenvalue weighted by atomic mass is 16.4. The number of carboxylic acids is 1. The number of pyridine rings is 1. The van der Waals surface area contributed by atoms with Crippen LogP contribution < -0.4 is 10.6 Å². The van der Waals surface area contributed by atoms with Crippen LogP contribution in [-0.2, 0) is 11.3 Å². The molecule has 1 aromatic rings. The highest BCUT2D eigenvalue weighted by Crippen LogP contribution is 2.19. The first-order valence-electron chi connectivity index (χ1n) is 5.97. The van der Waals surface area contributed by atoms with E-state index < -0.39 is 23.5 Å². The highest BCUT2D eigenvalue weighted by molar-refractivity contribution is 5.83. The van der Waals surface area contributed by atoms with Crippen LogP contribution in [0.4, 0.5) is 4.79 Å². The van der Waals surface area contributed by atoms with Crippen LogP contribution in [0.25, 0.3) is 0 Å². The minimum absolute atomic E-state index is 0.302. The molecule has 3 N–H and O–H groups in total. The molecule has 19 heavy (non-hydrogen) atoms. The number of aromatic nitrogens is 1. The summed E-state index contributed by atoms with van der Waals surface area (Å²) in [6, 6.07) is 2.14. The molecule has 2 amide bonds. The van der Waals surface area contributed by atoms with Gasteiger partial charge >= 0.3 is 12.0 Å². The maximum Gasteiger partial charge on any atom is 0.326 e. The third kappa shape index (κ3) is 4.95. The zero-order valence-electron chi connectivity index (χ0n) is 11.3. The van der Waals surface area contributed by atoms with Gasteiger partial charge in [0.2, 0.25) is 0 Å². The van der Waals surface area contributed by atoms with E-state index >= 15 is 0 Å². The highest BCUT2D eigenvalue weighted by Gasteiger charge is 2.32. The zero-order valence-corrected chi connectivity index (χ0v) is 11.3. The second-order valence-corrected chi connectivity index (χ2v) is 5.33. The summed E-state index contributed by atoms with van der Waals surface area (Å²) in [5.74, 6) is -1.05. The summed E-state index contributed by atoms with van der Waals surface area (Å²) in [4.78, 5) is 26.7. The SMILES string of the molecule is CC(C)(C)[C@@H](NC(=O)NCc1cccnc1)C(=O)O. The Bertz CT molecular complexity index is 440. The average Bonchev–Trinajstić information content (AvgIpc) is 2.33. The van der Waals surface area contributed by atoms with Gasteiger partial charge in [-0.25, -0.2) is 9.59 Å². The minimum atomic E-state index is -1.05. The van der Waals surface area contributed by atoms with Crippen molar-refractivity contribution in [1.29, 1.82) is 0 Å². The molecule has 1 atom stereocenters. The fourth-order valence-electron chi connectivity index (χ4n) is 1.52. The molecule has 0 aromatic carbocycles. The van der Waals surface area contributed by atoms with E-state index in [-0.39, 0.29) is 0 Å². The Morgan fingerprint density at radius 1 is 1.42 bits per heavy atom. The molecule has 0 bridgehead atoms. The van der Waals surface area contributed by atoms with E-state index in [0.29, 0.717) is 6.54 Å². The number of hydrogen-bond donors (Lipinski definition) is 3. The standard InChI is InChI=1S/C13H19N3O3/c1-13(2,3)10(11(17)18)16-12(19)15-8-9-5-4-6-14-7-9/h4-7,10H,8H2,1-3H3,(H,17,18)(H2,15,16,19)/t10-/m0/s1. The molecule has 0 saturated heterocycles. The fraction of sp³-hybridized carbons (Fsp3) is 0.462. The Labute approximate surface area is 112 Å². The Morgan fingerprint density at radius 3 is 2.58 bits per heavy atom. The van der Waals surface area contributed by atoms with Crippen molar-refractivity contribution in [3.05, 3.63) is 30.1 Å². The van der Waals surface area contributed by atoms with Crippen molar-refractivity contribution in [1.82, 2.24) is 15.6 Å². The van der Waals surface area contributed by atoms with E-state index in [4.69, 9.17) is 5.11 Å². The fourth-order valence-corrected chi connectivity index (χ4v) is 1.52. The molecule has 1 rings (SSSR count). The van der Waals surface area contributed by atoms with Gasteiger partial charge in [-0.15, -0.1) is 0 Å². The molecule has 0 aliphatic rings. The lowest BCUT2D eigenvalue weighted by molar-refractivity contribution is -0.141. The van der Waals surface area contributed by atoms with Gasteiger partial charge in [-0.3, -0.25) is 4.98 Å². The third-order valence-corrected chi connectivity index (χ3v) is 2.56. The number of carbonyl (C=O) groups is 2. The van der Waals surface area contributed by atoms with Gasteiger partial charge in [0, 0.05) is 18.9 Å². The lowest BCUT2D eigenvalue weighted by Gasteiger charge is -2.27. The summed E-state index contributed by atoms with van der Waals surface area (Å²) in [5, 5.41) is 14.2. The predicted molar refractivity (Wildman–Crippen MR) is 70.5 cm³/mol. The van der Waals surface area contributed by atoms with E-state index in [2.05, 4.69) is 15.6 Å². The molecule has 0 aliphatic heterocycles. The number of urea groups is 1. The topological polar surface area (TPSA) is 91.3 Å². The maximum absolute atomic E-state index is 11.7. The van der Waals surface area contributed by atoms with Crippen molar-refractivity contribution < 1.29 is 14.7 Å². The summed E-state index contributed by atoms with van der Waals surface area (Å²) in [7, 11) is 0. The van der Waals surface area contributed by atoms with E-state index in [1.54, 1.807) is 39.2 Å². The average molecular weight is 265 g/mol. The van der Waals surface area contributed by atoms with Crippen LogP contribution >= 0.6 is 0 Å². The van der Waals surface area contributed by atoms with Gasteiger partial charge in [0.05, 0.1) is 0 Å². The van der Waals surface area contributed by atoms with Crippen molar-refractivity contribution in [2.75, 3.05) is 0 Å². The van der Waals surface area contributed by atoms with Gasteiger partial charge in [0.15, 0.2) is 0 Å². The molecule has 104 valence electrons. The number of nitrogens with one attached hydrogen (secondary N) is 2. The van der Waals surface area contributed by atoms with Gasteiger partial charge in [-0.05, 0) is 17.0 Å². The Balaban J connectivity index is 2.52. The van der Waals surface area contributed by atoms with E-state index in [1.165, 1.54) is 0 Å². The summed E-state index contributed by atoms with van der Waals surface area (Å²) in [6.07, 6.45) is 3.28. The first kappa shape index (κ1) is 14.9. The number of hydrogen-bond acceptors (Lipinski definition) is 3. The van der Waals surface area contributed by atoms with Crippen molar-refractivity contribution in [3.8, 4) is 0 Å². The summed E-state index contributed by atoms with van der Waals surface area (Å²) >= 11 is 0. The van der Waals surface area contributed by atoms with Crippen LogP contribution in [-0.4, -0.2) is 28.1 Å². The second-order valence-electron chi connectivity index (χ2n) is 5.33. The van der Waals surface area contributed by atoms with Gasteiger partial charge in [-0.2, -0.15) is 0 Å². The number of amides is 2. The molecule has 1 aromatic heterocycles. The Hall–Kier alpha value is -2.11. The van der Waals surface area contributed by atoms with Crippen LogP contribution in [0.2, 0.25) is 0 Å². The van der Waals surface area contributed by atoms with E-state index in [0.717, 1.165) is 5.56 Å². The number of aliphatic carboxylic acids is 1. The summed E-state index contributed by atoms with van der Waals surface area (Å²) in [6.45, 7) is 5.57. The minimum Gasteiger partial charge on any atom is -0.480 e. The molecule has 0 radical (unpaired) electrons. The molecule has 6 nitrogen and oxygen atoms in total. The summed E-state index contributed by atoms with van der Waals surface area (Å²) < 4.78 is 0. The number of carbonyl (C=O) groups excluding carboxylic acids is 1. The van der Waals surface area contributed by atoms with Crippen LogP contribution in [0, 0.1) is 5.41 Å². The molecule has 0 saturated carbocycles. The first-order valence-corrected chi connectivity index (χ1v) is 5.97. The monoisotopic (exact) mass is 265 g/mol. The molecule has 0 spiro atoms. The van der Waals surface area contributed by atoms with Crippen molar-refractivity contribution in [2.45, 2.75) is 33.4 Å². The van der Waals surface area contributed by atoms with E-state index in [9.17, 15) is 9.59 Å².